The molecule has 0 bridgehead atoms. The van der Waals surface area contributed by atoms with E-state index >= 15 is 0 Å². The van der Waals surface area contributed by atoms with Gasteiger partial charge in [0.05, 0.1) is 11.6 Å². The first kappa shape index (κ1) is 18.4. The van der Waals surface area contributed by atoms with Gasteiger partial charge >= 0.3 is 0 Å². The van der Waals surface area contributed by atoms with Crippen LogP contribution < -0.4 is 0 Å². The summed E-state index contributed by atoms with van der Waals surface area (Å²) < 4.78 is 0. The van der Waals surface area contributed by atoms with Gasteiger partial charge in [0.25, 0.3) is 0 Å². The molecule has 0 spiro atoms. The molecule has 130 valence electrons. The van der Waals surface area contributed by atoms with E-state index in [1.165, 1.54) is 0 Å². The SMILES string of the molecule is CN1C/C(=C\c2ccc(C#N)cc2)C(=O)/C(=C/c2ccc(Cl)cc2Cl)C1. The fraction of sp³-hybridized carbons (Fsp3) is 0.143. The molecule has 0 aromatic heterocycles. The molecule has 0 N–H and O–H groups in total. The number of likely N-dealkylation sites (tertiary alicyclic amines) is 1. The number of rotatable bonds is 2. The van der Waals surface area contributed by atoms with E-state index < -0.39 is 0 Å². The molecule has 0 amide bonds. The van der Waals surface area contributed by atoms with E-state index in [1.807, 2.05) is 37.4 Å². The molecule has 0 radical (unpaired) electrons. The molecule has 1 heterocycles. The first-order valence-electron chi connectivity index (χ1n) is 8.06. The highest BCUT2D eigenvalue weighted by atomic mass is 35.5. The minimum Gasteiger partial charge on any atom is -0.298 e. The molecule has 5 heteroatoms. The number of hydrogen-bond donors (Lipinski definition) is 0. The van der Waals surface area contributed by atoms with Crippen molar-refractivity contribution in [1.82, 2.24) is 4.90 Å². The van der Waals surface area contributed by atoms with Crippen LogP contribution >= 0.6 is 23.2 Å². The van der Waals surface area contributed by atoms with E-state index in [1.54, 1.807) is 24.3 Å². The lowest BCUT2D eigenvalue weighted by Gasteiger charge is -2.26. The van der Waals surface area contributed by atoms with E-state index in [2.05, 4.69) is 11.0 Å². The number of benzene rings is 2. The number of piperidine rings is 1. The maximum absolute atomic E-state index is 12.9. The molecule has 2 aromatic carbocycles. The highest BCUT2D eigenvalue weighted by molar-refractivity contribution is 6.35. The Bertz CT molecular complexity index is 953. The van der Waals surface area contributed by atoms with Gasteiger partial charge in [-0.3, -0.25) is 9.69 Å². The van der Waals surface area contributed by atoms with Gasteiger partial charge in [-0.1, -0.05) is 41.4 Å². The highest BCUT2D eigenvalue weighted by Gasteiger charge is 2.24. The van der Waals surface area contributed by atoms with Gasteiger partial charge in [0, 0.05) is 34.3 Å². The van der Waals surface area contributed by atoms with Crippen LogP contribution in [0.25, 0.3) is 12.2 Å². The average Bonchev–Trinajstić information content (AvgIpc) is 2.62. The molecule has 0 aliphatic carbocycles. The Morgan fingerprint density at radius 3 is 2.31 bits per heavy atom. The quantitative estimate of drug-likeness (QED) is 0.697. The van der Waals surface area contributed by atoms with Crippen molar-refractivity contribution in [2.24, 2.45) is 0 Å². The number of hydrogen-bond acceptors (Lipinski definition) is 3. The van der Waals surface area contributed by atoms with Crippen molar-refractivity contribution in [2.75, 3.05) is 20.1 Å². The van der Waals surface area contributed by atoms with Crippen LogP contribution in [0, 0.1) is 11.3 Å². The molecule has 1 aliphatic rings. The van der Waals surface area contributed by atoms with Gasteiger partial charge in [-0.25, -0.2) is 0 Å². The second-order valence-electron chi connectivity index (χ2n) is 6.24. The van der Waals surface area contributed by atoms with Crippen LogP contribution in [0.5, 0.6) is 0 Å². The van der Waals surface area contributed by atoms with Crippen molar-refractivity contribution >= 4 is 41.1 Å². The number of likely N-dealkylation sites (N-methyl/N-ethyl adjacent to an activating group) is 1. The molecular formula is C21H16Cl2N2O. The van der Waals surface area contributed by atoms with Gasteiger partial charge < -0.3 is 0 Å². The summed E-state index contributed by atoms with van der Waals surface area (Å²) in [7, 11) is 1.97. The molecule has 1 fully saturated rings. The maximum atomic E-state index is 12.9. The topological polar surface area (TPSA) is 44.1 Å². The van der Waals surface area contributed by atoms with Crippen molar-refractivity contribution in [2.45, 2.75) is 0 Å². The number of nitrogens with zero attached hydrogens (tertiary/aromatic N) is 2. The summed E-state index contributed by atoms with van der Waals surface area (Å²) in [6.45, 7) is 1.13. The number of carbonyl (C=O) groups is 1. The lowest BCUT2D eigenvalue weighted by molar-refractivity contribution is -0.113. The minimum absolute atomic E-state index is 0.0125. The molecule has 1 aliphatic heterocycles. The first-order valence-corrected chi connectivity index (χ1v) is 8.81. The van der Waals surface area contributed by atoms with Crippen molar-refractivity contribution in [3.05, 3.63) is 80.3 Å². The molecule has 3 rings (SSSR count). The van der Waals surface area contributed by atoms with Crippen LogP contribution in [0.2, 0.25) is 10.0 Å². The Morgan fingerprint density at radius 2 is 1.69 bits per heavy atom. The summed E-state index contributed by atoms with van der Waals surface area (Å²) in [4.78, 5) is 15.0. The number of Topliss-reactive ketones (excluding diaryl/α,β-unsaturated/α-hetero) is 1. The van der Waals surface area contributed by atoms with Crippen LogP contribution in [0.1, 0.15) is 16.7 Å². The Balaban J connectivity index is 1.93. The second-order valence-corrected chi connectivity index (χ2v) is 7.08. The number of nitriles is 1. The Kier molecular flexibility index (Phi) is 5.58. The Hall–Kier alpha value is -2.38. The third-order valence-electron chi connectivity index (χ3n) is 4.14. The molecule has 3 nitrogen and oxygen atoms in total. The number of ketones is 1. The molecule has 1 saturated heterocycles. The van der Waals surface area contributed by atoms with Gasteiger partial charge in [0.1, 0.15) is 0 Å². The lowest BCUT2D eigenvalue weighted by atomic mass is 9.94. The summed E-state index contributed by atoms with van der Waals surface area (Å²) in [6.07, 6.45) is 3.69. The summed E-state index contributed by atoms with van der Waals surface area (Å²) in [6, 6.07) is 14.5. The zero-order valence-corrected chi connectivity index (χ0v) is 15.7. The van der Waals surface area contributed by atoms with Gasteiger partial charge in [-0.05, 0) is 54.6 Å². The van der Waals surface area contributed by atoms with Gasteiger partial charge in [0.15, 0.2) is 5.78 Å². The van der Waals surface area contributed by atoms with E-state index in [0.29, 0.717) is 39.8 Å². The Morgan fingerprint density at radius 1 is 1.04 bits per heavy atom. The minimum atomic E-state index is 0.0125. The van der Waals surface area contributed by atoms with Gasteiger partial charge in [-0.2, -0.15) is 5.26 Å². The molecular weight excluding hydrogens is 367 g/mol. The van der Waals surface area contributed by atoms with Crippen molar-refractivity contribution in [1.29, 1.82) is 5.26 Å². The average molecular weight is 383 g/mol. The first-order chi connectivity index (χ1) is 12.5. The summed E-state index contributed by atoms with van der Waals surface area (Å²) in [5.41, 5.74) is 3.65. The van der Waals surface area contributed by atoms with Crippen molar-refractivity contribution in [3.8, 4) is 6.07 Å². The smallest absolute Gasteiger partial charge is 0.187 e. The molecule has 0 unspecified atom stereocenters. The van der Waals surface area contributed by atoms with Crippen molar-refractivity contribution in [3.63, 3.8) is 0 Å². The molecule has 0 atom stereocenters. The lowest BCUT2D eigenvalue weighted by Crippen LogP contribution is -2.34. The van der Waals surface area contributed by atoms with E-state index in [0.717, 1.165) is 11.1 Å². The van der Waals surface area contributed by atoms with E-state index in [9.17, 15) is 4.79 Å². The third kappa shape index (κ3) is 4.23. The van der Waals surface area contributed by atoms with Crippen LogP contribution in [-0.2, 0) is 4.79 Å². The van der Waals surface area contributed by atoms with E-state index in [-0.39, 0.29) is 5.78 Å². The summed E-state index contributed by atoms with van der Waals surface area (Å²) in [5.74, 6) is 0.0125. The standard InChI is InChI=1S/C21H16Cl2N2O/c1-25-12-17(8-14-2-4-15(11-24)5-3-14)21(26)18(13-25)9-16-6-7-19(22)10-20(16)23/h2-10H,12-13H2,1H3/b17-8+,18-9+. The predicted octanol–water partition coefficient (Wildman–Crippen LogP) is 4.85. The van der Waals surface area contributed by atoms with Gasteiger partial charge in [0.2, 0.25) is 0 Å². The van der Waals surface area contributed by atoms with Crippen LogP contribution in [0.4, 0.5) is 0 Å². The monoisotopic (exact) mass is 382 g/mol. The Labute approximate surface area is 162 Å². The fourth-order valence-corrected chi connectivity index (χ4v) is 3.33. The second kappa shape index (κ2) is 7.88. The van der Waals surface area contributed by atoms with Crippen LogP contribution in [-0.4, -0.2) is 30.8 Å². The largest absolute Gasteiger partial charge is 0.298 e. The summed E-state index contributed by atoms with van der Waals surface area (Å²) in [5, 5.41) is 9.97. The van der Waals surface area contributed by atoms with E-state index in [4.69, 9.17) is 28.5 Å². The predicted molar refractivity (Wildman–Crippen MR) is 106 cm³/mol. The molecule has 26 heavy (non-hydrogen) atoms. The zero-order chi connectivity index (χ0) is 18.7. The molecule has 0 saturated carbocycles. The highest BCUT2D eigenvalue weighted by Crippen LogP contribution is 2.26. The zero-order valence-electron chi connectivity index (χ0n) is 14.2. The third-order valence-corrected chi connectivity index (χ3v) is 4.70. The number of halogens is 2. The van der Waals surface area contributed by atoms with Gasteiger partial charge in [-0.15, -0.1) is 0 Å². The number of carbonyl (C=O) groups excluding carboxylic acids is 1. The maximum Gasteiger partial charge on any atom is 0.187 e. The van der Waals surface area contributed by atoms with Crippen LogP contribution in [0.15, 0.2) is 53.6 Å². The van der Waals surface area contributed by atoms with Crippen LogP contribution in [0.3, 0.4) is 0 Å². The molecule has 2 aromatic rings. The summed E-state index contributed by atoms with van der Waals surface area (Å²) >= 11 is 12.2. The van der Waals surface area contributed by atoms with Crippen molar-refractivity contribution < 1.29 is 4.79 Å². The normalized spacial score (nSPS) is 18.3. The fourth-order valence-electron chi connectivity index (χ4n) is 2.87.